The van der Waals surface area contributed by atoms with E-state index in [2.05, 4.69) is 10.6 Å². The first kappa shape index (κ1) is 11.9. The molecule has 0 aromatic rings. The van der Waals surface area contributed by atoms with Crippen molar-refractivity contribution in [1.82, 2.24) is 10.6 Å². The maximum Gasteiger partial charge on any atom is 0.305 e. The molecule has 1 amide bonds. The third-order valence-electron chi connectivity index (χ3n) is 2.29. The lowest BCUT2D eigenvalue weighted by Gasteiger charge is -2.15. The van der Waals surface area contributed by atoms with E-state index in [-0.39, 0.29) is 12.3 Å². The SMILES string of the molecule is C[C@@H](CC(=O)O)NC(=O)[C@@H]1C[C@@H](O)CN1. The fraction of sp³-hybridized carbons (Fsp3) is 0.778. The molecule has 15 heavy (non-hydrogen) atoms. The minimum atomic E-state index is -0.942. The van der Waals surface area contributed by atoms with Gasteiger partial charge in [0.1, 0.15) is 0 Å². The Morgan fingerprint density at radius 2 is 2.27 bits per heavy atom. The quantitative estimate of drug-likeness (QED) is 0.467. The molecule has 0 saturated carbocycles. The van der Waals surface area contributed by atoms with E-state index in [1.165, 1.54) is 0 Å². The van der Waals surface area contributed by atoms with Crippen molar-refractivity contribution in [2.75, 3.05) is 6.54 Å². The highest BCUT2D eigenvalue weighted by molar-refractivity contribution is 5.83. The number of carboxylic acid groups (broad SMARTS) is 1. The molecule has 1 rings (SSSR count). The van der Waals surface area contributed by atoms with Gasteiger partial charge in [-0.25, -0.2) is 0 Å². The van der Waals surface area contributed by atoms with E-state index in [4.69, 9.17) is 5.11 Å². The van der Waals surface area contributed by atoms with E-state index < -0.39 is 24.2 Å². The summed E-state index contributed by atoms with van der Waals surface area (Å²) in [6.45, 7) is 2.04. The average molecular weight is 216 g/mol. The topological polar surface area (TPSA) is 98.7 Å². The summed E-state index contributed by atoms with van der Waals surface area (Å²) in [7, 11) is 0. The molecule has 3 atom stereocenters. The number of aliphatic carboxylic acids is 1. The van der Waals surface area contributed by atoms with Crippen LogP contribution in [0.4, 0.5) is 0 Å². The normalized spacial score (nSPS) is 27.3. The number of nitrogens with one attached hydrogen (secondary N) is 2. The zero-order chi connectivity index (χ0) is 11.4. The van der Waals surface area contributed by atoms with Gasteiger partial charge in [0.05, 0.1) is 18.6 Å². The zero-order valence-corrected chi connectivity index (χ0v) is 8.56. The number of carbonyl (C=O) groups excluding carboxylic acids is 1. The van der Waals surface area contributed by atoms with Crippen LogP contribution in [0, 0.1) is 0 Å². The lowest BCUT2D eigenvalue weighted by Crippen LogP contribution is -2.44. The lowest BCUT2D eigenvalue weighted by atomic mass is 10.1. The summed E-state index contributed by atoms with van der Waals surface area (Å²) in [6, 6.07) is -0.800. The first-order valence-corrected chi connectivity index (χ1v) is 4.92. The van der Waals surface area contributed by atoms with E-state index >= 15 is 0 Å². The van der Waals surface area contributed by atoms with Crippen LogP contribution in [0.3, 0.4) is 0 Å². The number of carboxylic acids is 1. The van der Waals surface area contributed by atoms with E-state index in [9.17, 15) is 14.7 Å². The molecule has 0 aromatic heterocycles. The minimum absolute atomic E-state index is 0.0962. The standard InChI is InChI=1S/C9H16N2O4/c1-5(2-8(13)14)11-9(15)7-3-6(12)4-10-7/h5-7,10,12H,2-4H2,1H3,(H,11,15)(H,13,14)/t5-,6+,7-/m0/s1. The zero-order valence-electron chi connectivity index (χ0n) is 8.56. The number of rotatable bonds is 4. The Morgan fingerprint density at radius 3 is 2.73 bits per heavy atom. The Kier molecular flexibility index (Phi) is 4.05. The Bertz CT molecular complexity index is 256. The molecule has 0 aromatic carbocycles. The van der Waals surface area contributed by atoms with Crippen molar-refractivity contribution in [3.8, 4) is 0 Å². The van der Waals surface area contributed by atoms with Gasteiger partial charge in [-0.1, -0.05) is 0 Å². The summed E-state index contributed by atoms with van der Waals surface area (Å²) >= 11 is 0. The van der Waals surface area contributed by atoms with Gasteiger partial charge in [0.25, 0.3) is 0 Å². The molecular formula is C9H16N2O4. The summed E-state index contributed by atoms with van der Waals surface area (Å²) in [5.74, 6) is -1.19. The van der Waals surface area contributed by atoms with Crippen LogP contribution in [0.1, 0.15) is 19.8 Å². The van der Waals surface area contributed by atoms with Crippen LogP contribution in [0.15, 0.2) is 0 Å². The second-order valence-corrected chi connectivity index (χ2v) is 3.86. The van der Waals surface area contributed by atoms with Gasteiger partial charge in [-0.3, -0.25) is 9.59 Å². The molecule has 1 heterocycles. The summed E-state index contributed by atoms with van der Waals surface area (Å²) < 4.78 is 0. The van der Waals surface area contributed by atoms with Gasteiger partial charge < -0.3 is 20.8 Å². The maximum absolute atomic E-state index is 11.5. The number of amides is 1. The predicted molar refractivity (Wildman–Crippen MR) is 52.3 cm³/mol. The molecule has 1 aliphatic rings. The number of aliphatic hydroxyl groups is 1. The van der Waals surface area contributed by atoms with Crippen molar-refractivity contribution >= 4 is 11.9 Å². The van der Waals surface area contributed by atoms with Crippen molar-refractivity contribution in [1.29, 1.82) is 0 Å². The first-order valence-electron chi connectivity index (χ1n) is 4.92. The number of hydrogen-bond acceptors (Lipinski definition) is 4. The monoisotopic (exact) mass is 216 g/mol. The summed E-state index contributed by atoms with van der Waals surface area (Å²) in [5.41, 5.74) is 0. The number of β-amino-alcohol motifs (C(OH)–C–C–N with tert-alkyl or cyclic N) is 1. The summed E-state index contributed by atoms with van der Waals surface area (Å²) in [4.78, 5) is 21.9. The van der Waals surface area contributed by atoms with Gasteiger partial charge in [-0.2, -0.15) is 0 Å². The van der Waals surface area contributed by atoms with Crippen LogP contribution < -0.4 is 10.6 Å². The predicted octanol–water partition coefficient (Wildman–Crippen LogP) is -1.31. The van der Waals surface area contributed by atoms with Crippen molar-refractivity contribution < 1.29 is 19.8 Å². The van der Waals surface area contributed by atoms with Gasteiger partial charge in [0.15, 0.2) is 0 Å². The highest BCUT2D eigenvalue weighted by Crippen LogP contribution is 2.06. The molecule has 0 spiro atoms. The lowest BCUT2D eigenvalue weighted by molar-refractivity contribution is -0.137. The maximum atomic E-state index is 11.5. The van der Waals surface area contributed by atoms with Crippen LogP contribution >= 0.6 is 0 Å². The second kappa shape index (κ2) is 5.09. The van der Waals surface area contributed by atoms with Crippen molar-refractivity contribution in [3.63, 3.8) is 0 Å². The van der Waals surface area contributed by atoms with Crippen LogP contribution in [-0.4, -0.2) is 46.8 Å². The Hall–Kier alpha value is -1.14. The smallest absolute Gasteiger partial charge is 0.305 e. The number of aliphatic hydroxyl groups excluding tert-OH is 1. The van der Waals surface area contributed by atoms with Crippen LogP contribution in [0.5, 0.6) is 0 Å². The fourth-order valence-corrected chi connectivity index (χ4v) is 1.57. The summed E-state index contributed by atoms with van der Waals surface area (Å²) in [5, 5.41) is 23.1. The van der Waals surface area contributed by atoms with E-state index in [0.717, 1.165) is 0 Å². The van der Waals surface area contributed by atoms with Crippen molar-refractivity contribution in [2.24, 2.45) is 0 Å². The fourth-order valence-electron chi connectivity index (χ4n) is 1.57. The first-order chi connectivity index (χ1) is 6.99. The van der Waals surface area contributed by atoms with Crippen molar-refractivity contribution in [3.05, 3.63) is 0 Å². The molecule has 0 radical (unpaired) electrons. The van der Waals surface area contributed by atoms with Crippen LogP contribution in [0.2, 0.25) is 0 Å². The third-order valence-corrected chi connectivity index (χ3v) is 2.29. The highest BCUT2D eigenvalue weighted by atomic mass is 16.4. The van der Waals surface area contributed by atoms with E-state index in [1.54, 1.807) is 6.92 Å². The van der Waals surface area contributed by atoms with Crippen LogP contribution in [-0.2, 0) is 9.59 Å². The molecule has 86 valence electrons. The van der Waals surface area contributed by atoms with Crippen LogP contribution in [0.25, 0.3) is 0 Å². The minimum Gasteiger partial charge on any atom is -0.481 e. The molecule has 1 saturated heterocycles. The Balaban J connectivity index is 2.32. The number of carbonyl (C=O) groups is 2. The second-order valence-electron chi connectivity index (χ2n) is 3.86. The largest absolute Gasteiger partial charge is 0.481 e. The molecule has 6 nitrogen and oxygen atoms in total. The molecule has 1 aliphatic heterocycles. The van der Waals surface area contributed by atoms with E-state index in [1.807, 2.05) is 0 Å². The summed E-state index contributed by atoms with van der Waals surface area (Å²) in [6.07, 6.45) is -0.206. The molecular weight excluding hydrogens is 200 g/mol. The Morgan fingerprint density at radius 1 is 1.60 bits per heavy atom. The molecule has 0 unspecified atom stereocenters. The van der Waals surface area contributed by atoms with Gasteiger partial charge in [-0.05, 0) is 13.3 Å². The van der Waals surface area contributed by atoms with Gasteiger partial charge in [0.2, 0.25) is 5.91 Å². The Labute approximate surface area is 87.7 Å². The van der Waals surface area contributed by atoms with Crippen molar-refractivity contribution in [2.45, 2.75) is 38.0 Å². The molecule has 4 N–H and O–H groups in total. The molecule has 6 heteroatoms. The van der Waals surface area contributed by atoms with Gasteiger partial charge in [-0.15, -0.1) is 0 Å². The molecule has 1 fully saturated rings. The molecule has 0 aliphatic carbocycles. The number of hydrogen-bond donors (Lipinski definition) is 4. The van der Waals surface area contributed by atoms with Gasteiger partial charge >= 0.3 is 5.97 Å². The van der Waals surface area contributed by atoms with E-state index in [0.29, 0.717) is 13.0 Å². The third kappa shape index (κ3) is 3.85. The molecule has 0 bridgehead atoms. The van der Waals surface area contributed by atoms with Gasteiger partial charge in [0, 0.05) is 12.6 Å². The highest BCUT2D eigenvalue weighted by Gasteiger charge is 2.28. The average Bonchev–Trinajstić information content (AvgIpc) is 2.49.